The van der Waals surface area contributed by atoms with Gasteiger partial charge in [0.1, 0.15) is 4.21 Å². The minimum Gasteiger partial charge on any atom is -0.302 e. The Labute approximate surface area is 99.2 Å². The van der Waals surface area contributed by atoms with Gasteiger partial charge in [0.15, 0.2) is 0 Å². The normalized spacial score (nSPS) is 20.1. The van der Waals surface area contributed by atoms with E-state index in [0.29, 0.717) is 30.4 Å². The molecule has 2 heterocycles. The van der Waals surface area contributed by atoms with Gasteiger partial charge in [0, 0.05) is 26.2 Å². The van der Waals surface area contributed by atoms with Crippen LogP contribution in [0.15, 0.2) is 21.7 Å². The zero-order valence-corrected chi connectivity index (χ0v) is 10.6. The molecule has 0 unspecified atom stereocenters. The molecular weight excluding hydrogens is 248 g/mol. The van der Waals surface area contributed by atoms with Gasteiger partial charge in [-0.05, 0) is 11.4 Å². The monoisotopic (exact) mass is 262 g/mol. The first-order valence-corrected chi connectivity index (χ1v) is 7.29. The predicted molar refractivity (Wildman–Crippen MR) is 61.7 cm³/mol. The highest BCUT2D eigenvalue weighted by Crippen LogP contribution is 2.21. The maximum atomic E-state index is 12.1. The third-order valence-corrected chi connectivity index (χ3v) is 5.82. The van der Waals surface area contributed by atoms with Crippen LogP contribution in [-0.2, 0) is 14.9 Å². The van der Waals surface area contributed by atoms with Crippen LogP contribution in [0.3, 0.4) is 0 Å². The van der Waals surface area contributed by atoms with Crippen LogP contribution >= 0.6 is 11.3 Å². The zero-order chi connectivity index (χ0) is 11.6. The SMILES string of the molecule is CON1CCN(S(=O)(=O)c2cccs2)CC1. The molecule has 0 saturated carbocycles. The highest BCUT2D eigenvalue weighted by molar-refractivity contribution is 7.91. The van der Waals surface area contributed by atoms with Crippen molar-refractivity contribution in [2.24, 2.45) is 0 Å². The zero-order valence-electron chi connectivity index (χ0n) is 9.00. The van der Waals surface area contributed by atoms with E-state index in [9.17, 15) is 8.42 Å². The first-order valence-electron chi connectivity index (χ1n) is 4.97. The molecule has 0 radical (unpaired) electrons. The summed E-state index contributed by atoms with van der Waals surface area (Å²) >= 11 is 1.26. The van der Waals surface area contributed by atoms with E-state index >= 15 is 0 Å². The first kappa shape index (κ1) is 12.0. The topological polar surface area (TPSA) is 49.9 Å². The fourth-order valence-electron chi connectivity index (χ4n) is 1.63. The molecular formula is C9H14N2O3S2. The molecule has 90 valence electrons. The van der Waals surface area contributed by atoms with Crippen molar-refractivity contribution in [2.75, 3.05) is 33.3 Å². The molecule has 16 heavy (non-hydrogen) atoms. The fraction of sp³-hybridized carbons (Fsp3) is 0.556. The summed E-state index contributed by atoms with van der Waals surface area (Å²) in [6, 6.07) is 3.39. The van der Waals surface area contributed by atoms with Crippen molar-refractivity contribution in [3.63, 3.8) is 0 Å². The Balaban J connectivity index is 2.09. The summed E-state index contributed by atoms with van der Waals surface area (Å²) in [5.41, 5.74) is 0. The van der Waals surface area contributed by atoms with Gasteiger partial charge in [-0.15, -0.1) is 11.3 Å². The highest BCUT2D eigenvalue weighted by Gasteiger charge is 2.28. The van der Waals surface area contributed by atoms with Crippen molar-refractivity contribution in [3.05, 3.63) is 17.5 Å². The molecule has 1 aromatic rings. The lowest BCUT2D eigenvalue weighted by Crippen LogP contribution is -2.47. The molecule has 1 aliphatic rings. The summed E-state index contributed by atoms with van der Waals surface area (Å²) in [7, 11) is -1.68. The third kappa shape index (κ3) is 2.28. The number of nitrogens with zero attached hydrogens (tertiary/aromatic N) is 2. The minimum atomic E-state index is -3.28. The van der Waals surface area contributed by atoms with Gasteiger partial charge in [-0.25, -0.2) is 8.42 Å². The summed E-state index contributed by atoms with van der Waals surface area (Å²) in [4.78, 5) is 5.06. The van der Waals surface area contributed by atoms with E-state index in [4.69, 9.17) is 4.84 Å². The van der Waals surface area contributed by atoms with E-state index in [1.807, 2.05) is 0 Å². The maximum absolute atomic E-state index is 12.1. The lowest BCUT2D eigenvalue weighted by atomic mass is 10.4. The van der Waals surface area contributed by atoms with Crippen LogP contribution in [-0.4, -0.2) is 51.1 Å². The van der Waals surface area contributed by atoms with Gasteiger partial charge < -0.3 is 4.84 Å². The first-order chi connectivity index (χ1) is 7.64. The van der Waals surface area contributed by atoms with Crippen LogP contribution in [0.5, 0.6) is 0 Å². The number of sulfonamides is 1. The second-order valence-electron chi connectivity index (χ2n) is 3.45. The molecule has 0 N–H and O–H groups in total. The summed E-state index contributed by atoms with van der Waals surface area (Å²) in [5, 5.41) is 3.54. The summed E-state index contributed by atoms with van der Waals surface area (Å²) in [5.74, 6) is 0. The van der Waals surface area contributed by atoms with E-state index in [2.05, 4.69) is 0 Å². The summed E-state index contributed by atoms with van der Waals surface area (Å²) in [6.07, 6.45) is 0. The minimum absolute atomic E-state index is 0.415. The van der Waals surface area contributed by atoms with Gasteiger partial charge >= 0.3 is 0 Å². The third-order valence-electron chi connectivity index (χ3n) is 2.55. The number of thiophene rings is 1. The quantitative estimate of drug-likeness (QED) is 0.801. The van der Waals surface area contributed by atoms with Gasteiger partial charge in [0.25, 0.3) is 10.0 Å². The molecule has 1 aromatic heterocycles. The van der Waals surface area contributed by atoms with Crippen molar-refractivity contribution < 1.29 is 13.3 Å². The van der Waals surface area contributed by atoms with E-state index in [-0.39, 0.29) is 0 Å². The van der Waals surface area contributed by atoms with Crippen molar-refractivity contribution in [2.45, 2.75) is 4.21 Å². The Morgan fingerprint density at radius 3 is 2.50 bits per heavy atom. The Morgan fingerprint density at radius 1 is 1.31 bits per heavy atom. The van der Waals surface area contributed by atoms with E-state index in [1.165, 1.54) is 15.6 Å². The van der Waals surface area contributed by atoms with Crippen molar-refractivity contribution in [1.82, 2.24) is 9.37 Å². The lowest BCUT2D eigenvalue weighted by Gasteiger charge is -2.31. The Bertz CT molecular complexity index is 422. The van der Waals surface area contributed by atoms with Gasteiger partial charge in [-0.2, -0.15) is 9.37 Å². The molecule has 1 fully saturated rings. The second-order valence-corrected chi connectivity index (χ2v) is 6.56. The highest BCUT2D eigenvalue weighted by atomic mass is 32.2. The van der Waals surface area contributed by atoms with E-state index < -0.39 is 10.0 Å². The number of hydrogen-bond donors (Lipinski definition) is 0. The molecule has 0 atom stereocenters. The standard InChI is InChI=1S/C9H14N2O3S2/c1-14-10-4-6-11(7-5-10)16(12,13)9-3-2-8-15-9/h2-3,8H,4-7H2,1H3. The average Bonchev–Trinajstić information content (AvgIpc) is 2.83. The Morgan fingerprint density at radius 2 is 2.00 bits per heavy atom. The predicted octanol–water partition coefficient (Wildman–Crippen LogP) is 0.616. The van der Waals surface area contributed by atoms with Crippen LogP contribution in [0.4, 0.5) is 0 Å². The maximum Gasteiger partial charge on any atom is 0.252 e. The number of hydrogen-bond acceptors (Lipinski definition) is 5. The molecule has 1 aliphatic heterocycles. The van der Waals surface area contributed by atoms with Crippen LogP contribution in [0.25, 0.3) is 0 Å². The Kier molecular flexibility index (Phi) is 3.60. The van der Waals surface area contributed by atoms with Crippen LogP contribution < -0.4 is 0 Å². The molecule has 0 aliphatic carbocycles. The lowest BCUT2D eigenvalue weighted by molar-refractivity contribution is -0.144. The van der Waals surface area contributed by atoms with E-state index in [1.54, 1.807) is 29.7 Å². The molecule has 1 saturated heterocycles. The second kappa shape index (κ2) is 4.80. The van der Waals surface area contributed by atoms with Crippen LogP contribution in [0, 0.1) is 0 Å². The number of piperazine rings is 1. The van der Waals surface area contributed by atoms with Gasteiger partial charge in [-0.1, -0.05) is 6.07 Å². The largest absolute Gasteiger partial charge is 0.302 e. The van der Waals surface area contributed by atoms with Crippen LogP contribution in [0.1, 0.15) is 0 Å². The summed E-state index contributed by atoms with van der Waals surface area (Å²) in [6.45, 7) is 2.18. The molecule has 0 amide bonds. The number of hydroxylamine groups is 2. The number of rotatable bonds is 3. The van der Waals surface area contributed by atoms with Gasteiger partial charge in [0.05, 0.1) is 7.11 Å². The van der Waals surface area contributed by atoms with E-state index in [0.717, 1.165) is 0 Å². The van der Waals surface area contributed by atoms with Crippen molar-refractivity contribution in [1.29, 1.82) is 0 Å². The molecule has 0 spiro atoms. The van der Waals surface area contributed by atoms with Crippen LogP contribution in [0.2, 0.25) is 0 Å². The van der Waals surface area contributed by atoms with Crippen molar-refractivity contribution in [3.8, 4) is 0 Å². The smallest absolute Gasteiger partial charge is 0.252 e. The Hall–Kier alpha value is -0.470. The molecule has 0 bridgehead atoms. The molecule has 5 nitrogen and oxygen atoms in total. The van der Waals surface area contributed by atoms with Gasteiger partial charge in [-0.3, -0.25) is 0 Å². The molecule has 0 aromatic carbocycles. The molecule has 7 heteroatoms. The molecule has 2 rings (SSSR count). The average molecular weight is 262 g/mol. The summed E-state index contributed by atoms with van der Waals surface area (Å²) < 4.78 is 26.2. The van der Waals surface area contributed by atoms with Gasteiger partial charge in [0.2, 0.25) is 0 Å². The fourth-order valence-corrected chi connectivity index (χ4v) is 4.20. The van der Waals surface area contributed by atoms with Crippen molar-refractivity contribution >= 4 is 21.4 Å².